The standard InChI is InChI=1S/C13H27N3/c1-2-16-9-6-12(11-16)10-15-13-4-3-7-14-8-5-13/h12-15H,2-11H2,1H3. The molecule has 0 amide bonds. The van der Waals surface area contributed by atoms with Crippen LogP contribution in [0.15, 0.2) is 0 Å². The minimum absolute atomic E-state index is 0.769. The monoisotopic (exact) mass is 225 g/mol. The van der Waals surface area contributed by atoms with Gasteiger partial charge in [0.15, 0.2) is 0 Å². The van der Waals surface area contributed by atoms with Crippen LogP contribution < -0.4 is 10.6 Å². The molecule has 16 heavy (non-hydrogen) atoms. The first-order valence-corrected chi connectivity index (χ1v) is 7.05. The lowest BCUT2D eigenvalue weighted by Gasteiger charge is -2.19. The second-order valence-corrected chi connectivity index (χ2v) is 5.33. The zero-order valence-electron chi connectivity index (χ0n) is 10.7. The van der Waals surface area contributed by atoms with Gasteiger partial charge in [-0.25, -0.2) is 0 Å². The van der Waals surface area contributed by atoms with Crippen LogP contribution in [-0.2, 0) is 0 Å². The average Bonchev–Trinajstić information content (AvgIpc) is 2.61. The Kier molecular flexibility index (Phi) is 5.07. The molecule has 2 unspecified atom stereocenters. The van der Waals surface area contributed by atoms with Gasteiger partial charge in [-0.3, -0.25) is 0 Å². The van der Waals surface area contributed by atoms with Gasteiger partial charge in [0, 0.05) is 12.6 Å². The third-order valence-electron chi connectivity index (χ3n) is 4.09. The van der Waals surface area contributed by atoms with Gasteiger partial charge in [0.25, 0.3) is 0 Å². The van der Waals surface area contributed by atoms with Crippen molar-refractivity contribution in [3.63, 3.8) is 0 Å². The van der Waals surface area contributed by atoms with Crippen molar-refractivity contribution >= 4 is 0 Å². The third-order valence-corrected chi connectivity index (χ3v) is 4.09. The van der Waals surface area contributed by atoms with E-state index in [4.69, 9.17) is 0 Å². The first-order chi connectivity index (χ1) is 7.88. The molecule has 0 saturated carbocycles. The minimum atomic E-state index is 0.769. The minimum Gasteiger partial charge on any atom is -0.317 e. The molecule has 94 valence electrons. The van der Waals surface area contributed by atoms with Gasteiger partial charge in [-0.1, -0.05) is 6.92 Å². The molecule has 2 atom stereocenters. The third kappa shape index (κ3) is 3.72. The lowest BCUT2D eigenvalue weighted by atomic mass is 10.1. The molecular weight excluding hydrogens is 198 g/mol. The van der Waals surface area contributed by atoms with Crippen molar-refractivity contribution < 1.29 is 0 Å². The summed E-state index contributed by atoms with van der Waals surface area (Å²) in [6.07, 6.45) is 5.40. The average molecular weight is 225 g/mol. The van der Waals surface area contributed by atoms with E-state index >= 15 is 0 Å². The molecule has 2 aliphatic heterocycles. The van der Waals surface area contributed by atoms with Gasteiger partial charge in [-0.15, -0.1) is 0 Å². The normalized spacial score (nSPS) is 32.8. The molecule has 0 aromatic heterocycles. The van der Waals surface area contributed by atoms with E-state index in [1.54, 1.807) is 0 Å². The topological polar surface area (TPSA) is 27.3 Å². The van der Waals surface area contributed by atoms with E-state index in [1.807, 2.05) is 0 Å². The van der Waals surface area contributed by atoms with Gasteiger partial charge in [-0.05, 0) is 64.3 Å². The molecule has 0 spiro atoms. The summed E-state index contributed by atoms with van der Waals surface area (Å²) in [6, 6.07) is 0.769. The highest BCUT2D eigenvalue weighted by Gasteiger charge is 2.21. The smallest absolute Gasteiger partial charge is 0.00797 e. The molecule has 2 N–H and O–H groups in total. The molecule has 2 saturated heterocycles. The second kappa shape index (κ2) is 6.58. The van der Waals surface area contributed by atoms with Crippen LogP contribution in [0.3, 0.4) is 0 Å². The predicted molar refractivity (Wildman–Crippen MR) is 68.7 cm³/mol. The van der Waals surface area contributed by atoms with Crippen LogP contribution in [0.5, 0.6) is 0 Å². The van der Waals surface area contributed by atoms with Crippen molar-refractivity contribution in [1.29, 1.82) is 0 Å². The first kappa shape index (κ1) is 12.3. The van der Waals surface area contributed by atoms with Gasteiger partial charge in [0.05, 0.1) is 0 Å². The molecule has 0 aliphatic carbocycles. The zero-order valence-corrected chi connectivity index (χ0v) is 10.7. The van der Waals surface area contributed by atoms with Crippen LogP contribution in [0.1, 0.15) is 32.6 Å². The van der Waals surface area contributed by atoms with E-state index in [1.165, 1.54) is 65.0 Å². The van der Waals surface area contributed by atoms with Crippen LogP contribution in [0, 0.1) is 5.92 Å². The Labute approximate surface area is 100.0 Å². The molecule has 3 nitrogen and oxygen atoms in total. The van der Waals surface area contributed by atoms with Gasteiger partial charge < -0.3 is 15.5 Å². The Bertz CT molecular complexity index is 188. The molecular formula is C13H27N3. The van der Waals surface area contributed by atoms with Crippen molar-refractivity contribution in [1.82, 2.24) is 15.5 Å². The van der Waals surface area contributed by atoms with E-state index in [0.29, 0.717) is 0 Å². The second-order valence-electron chi connectivity index (χ2n) is 5.33. The summed E-state index contributed by atoms with van der Waals surface area (Å²) in [4.78, 5) is 2.57. The van der Waals surface area contributed by atoms with Crippen LogP contribution in [0.4, 0.5) is 0 Å². The quantitative estimate of drug-likeness (QED) is 0.749. The highest BCUT2D eigenvalue weighted by atomic mass is 15.1. The molecule has 0 aromatic carbocycles. The van der Waals surface area contributed by atoms with E-state index in [-0.39, 0.29) is 0 Å². The van der Waals surface area contributed by atoms with Crippen LogP contribution in [0.2, 0.25) is 0 Å². The highest BCUT2D eigenvalue weighted by molar-refractivity contribution is 4.79. The fourth-order valence-corrected chi connectivity index (χ4v) is 2.92. The molecule has 2 aliphatic rings. The fraction of sp³-hybridized carbons (Fsp3) is 1.00. The molecule has 0 aromatic rings. The van der Waals surface area contributed by atoms with E-state index in [0.717, 1.165) is 12.0 Å². The fourth-order valence-electron chi connectivity index (χ4n) is 2.92. The first-order valence-electron chi connectivity index (χ1n) is 7.05. The van der Waals surface area contributed by atoms with Crippen molar-refractivity contribution in [2.75, 3.05) is 39.3 Å². The Morgan fingerprint density at radius 2 is 2.19 bits per heavy atom. The maximum Gasteiger partial charge on any atom is 0.00797 e. The Morgan fingerprint density at radius 3 is 3.00 bits per heavy atom. The van der Waals surface area contributed by atoms with Crippen LogP contribution >= 0.6 is 0 Å². The largest absolute Gasteiger partial charge is 0.317 e. The van der Waals surface area contributed by atoms with Gasteiger partial charge >= 0.3 is 0 Å². The molecule has 2 rings (SSSR count). The number of nitrogens with zero attached hydrogens (tertiary/aromatic N) is 1. The number of likely N-dealkylation sites (tertiary alicyclic amines) is 1. The lowest BCUT2D eigenvalue weighted by molar-refractivity contribution is 0.332. The van der Waals surface area contributed by atoms with Crippen molar-refractivity contribution in [3.05, 3.63) is 0 Å². The molecule has 3 heteroatoms. The summed E-state index contributed by atoms with van der Waals surface area (Å²) >= 11 is 0. The van der Waals surface area contributed by atoms with Crippen molar-refractivity contribution in [3.8, 4) is 0 Å². The summed E-state index contributed by atoms with van der Waals surface area (Å²) in [5.74, 6) is 0.899. The number of hydrogen-bond donors (Lipinski definition) is 2. The summed E-state index contributed by atoms with van der Waals surface area (Å²) in [5, 5.41) is 7.25. The predicted octanol–water partition coefficient (Wildman–Crippen LogP) is 1.06. The van der Waals surface area contributed by atoms with E-state index in [2.05, 4.69) is 22.5 Å². The van der Waals surface area contributed by atoms with Gasteiger partial charge in [-0.2, -0.15) is 0 Å². The zero-order chi connectivity index (χ0) is 11.2. The summed E-state index contributed by atoms with van der Waals surface area (Å²) in [5.41, 5.74) is 0. The maximum atomic E-state index is 3.78. The molecule has 2 heterocycles. The molecule has 0 radical (unpaired) electrons. The highest BCUT2D eigenvalue weighted by Crippen LogP contribution is 2.15. The van der Waals surface area contributed by atoms with Crippen molar-refractivity contribution in [2.45, 2.75) is 38.6 Å². The Morgan fingerprint density at radius 1 is 1.25 bits per heavy atom. The Balaban J connectivity index is 1.63. The van der Waals surface area contributed by atoms with E-state index in [9.17, 15) is 0 Å². The SMILES string of the molecule is CCN1CCC(CNC2CCCNCC2)C1. The van der Waals surface area contributed by atoms with Crippen LogP contribution in [-0.4, -0.2) is 50.2 Å². The maximum absolute atomic E-state index is 3.78. The van der Waals surface area contributed by atoms with Crippen molar-refractivity contribution in [2.24, 2.45) is 5.92 Å². The summed E-state index contributed by atoms with van der Waals surface area (Å²) in [7, 11) is 0. The van der Waals surface area contributed by atoms with E-state index < -0.39 is 0 Å². The van der Waals surface area contributed by atoms with Crippen LogP contribution in [0.25, 0.3) is 0 Å². The molecule has 2 fully saturated rings. The summed E-state index contributed by atoms with van der Waals surface area (Å²) < 4.78 is 0. The molecule has 0 bridgehead atoms. The lowest BCUT2D eigenvalue weighted by Crippen LogP contribution is -2.35. The van der Waals surface area contributed by atoms with Gasteiger partial charge in [0.2, 0.25) is 0 Å². The van der Waals surface area contributed by atoms with Gasteiger partial charge in [0.1, 0.15) is 0 Å². The number of rotatable bonds is 4. The Hall–Kier alpha value is -0.120. The number of nitrogens with one attached hydrogen (secondary N) is 2. The summed E-state index contributed by atoms with van der Waals surface area (Å²) in [6.45, 7) is 9.77. The number of hydrogen-bond acceptors (Lipinski definition) is 3.